The molecule has 8 heteroatoms. The molecular weight excluding hydrogens is 342 g/mol. The van der Waals surface area contributed by atoms with Crippen LogP contribution in [0, 0.1) is 12.8 Å². The summed E-state index contributed by atoms with van der Waals surface area (Å²) in [5.41, 5.74) is 7.47. The topological polar surface area (TPSA) is 102 Å². The number of anilines is 2. The highest BCUT2D eigenvalue weighted by Crippen LogP contribution is 2.22. The van der Waals surface area contributed by atoms with Gasteiger partial charge in [0.05, 0.1) is 16.3 Å². The number of nitrogens with zero attached hydrogens (tertiary/aromatic N) is 2. The van der Waals surface area contributed by atoms with Crippen molar-refractivity contribution in [2.24, 2.45) is 13.0 Å². The summed E-state index contributed by atoms with van der Waals surface area (Å²) >= 11 is 6.11. The number of nitrogen functional groups attached to an aromatic ring is 1. The Morgan fingerprint density at radius 3 is 2.56 bits per heavy atom. The van der Waals surface area contributed by atoms with Gasteiger partial charge in [-0.1, -0.05) is 25.4 Å². The van der Waals surface area contributed by atoms with Crippen molar-refractivity contribution in [2.75, 3.05) is 17.6 Å². The lowest BCUT2D eigenvalue weighted by atomic mass is 10.1. The van der Waals surface area contributed by atoms with Gasteiger partial charge in [-0.05, 0) is 31.0 Å². The molecule has 0 saturated carbocycles. The van der Waals surface area contributed by atoms with Gasteiger partial charge in [0, 0.05) is 19.3 Å². The number of halogens is 1. The minimum Gasteiger partial charge on any atom is -0.383 e. The molecule has 2 amide bonds. The number of aryl methyl sites for hydroxylation is 2. The van der Waals surface area contributed by atoms with Gasteiger partial charge in [-0.2, -0.15) is 5.10 Å². The average molecular weight is 364 g/mol. The van der Waals surface area contributed by atoms with Crippen molar-refractivity contribution in [3.05, 3.63) is 40.0 Å². The maximum atomic E-state index is 12.5. The lowest BCUT2D eigenvalue weighted by Crippen LogP contribution is -2.27. The zero-order valence-corrected chi connectivity index (χ0v) is 15.4. The van der Waals surface area contributed by atoms with Gasteiger partial charge in [0.25, 0.3) is 11.8 Å². The Labute approximate surface area is 151 Å². The minimum atomic E-state index is -0.390. The van der Waals surface area contributed by atoms with Gasteiger partial charge >= 0.3 is 0 Å². The van der Waals surface area contributed by atoms with Crippen LogP contribution in [0.5, 0.6) is 0 Å². The number of nitrogens with one attached hydrogen (secondary N) is 2. The fourth-order valence-electron chi connectivity index (χ4n) is 2.32. The summed E-state index contributed by atoms with van der Waals surface area (Å²) in [6.45, 7) is 6.24. The van der Waals surface area contributed by atoms with Crippen LogP contribution in [0.4, 0.5) is 11.5 Å². The normalized spacial score (nSPS) is 10.8. The molecule has 134 valence electrons. The molecule has 0 fully saturated rings. The molecule has 7 nitrogen and oxygen atoms in total. The zero-order chi connectivity index (χ0) is 18.7. The average Bonchev–Trinajstić information content (AvgIpc) is 2.79. The molecule has 0 aliphatic rings. The second kappa shape index (κ2) is 7.57. The quantitative estimate of drug-likeness (QED) is 0.759. The number of rotatable bonds is 5. The van der Waals surface area contributed by atoms with E-state index in [0.717, 1.165) is 0 Å². The zero-order valence-electron chi connectivity index (χ0n) is 14.7. The van der Waals surface area contributed by atoms with Crippen molar-refractivity contribution in [1.82, 2.24) is 15.1 Å². The first-order valence-corrected chi connectivity index (χ1v) is 8.26. The third-order valence-corrected chi connectivity index (χ3v) is 3.96. The molecule has 4 N–H and O–H groups in total. The number of hydrogen-bond donors (Lipinski definition) is 3. The molecule has 0 aliphatic heterocycles. The van der Waals surface area contributed by atoms with E-state index >= 15 is 0 Å². The molecule has 25 heavy (non-hydrogen) atoms. The fraction of sp³-hybridized carbons (Fsp3) is 0.353. The van der Waals surface area contributed by atoms with E-state index in [1.807, 2.05) is 13.8 Å². The molecule has 2 aromatic rings. The Bertz CT molecular complexity index is 814. The Morgan fingerprint density at radius 2 is 2.00 bits per heavy atom. The van der Waals surface area contributed by atoms with Crippen molar-refractivity contribution in [1.29, 1.82) is 0 Å². The van der Waals surface area contributed by atoms with Crippen LogP contribution in [0.1, 0.15) is 40.3 Å². The van der Waals surface area contributed by atoms with E-state index < -0.39 is 0 Å². The molecule has 1 heterocycles. The lowest BCUT2D eigenvalue weighted by Gasteiger charge is -2.11. The van der Waals surface area contributed by atoms with Crippen LogP contribution in [-0.4, -0.2) is 28.1 Å². The second-order valence-corrected chi connectivity index (χ2v) is 6.63. The number of hydrogen-bond acceptors (Lipinski definition) is 4. The van der Waals surface area contributed by atoms with Gasteiger partial charge in [0.2, 0.25) is 0 Å². The summed E-state index contributed by atoms with van der Waals surface area (Å²) in [4.78, 5) is 24.7. The lowest BCUT2D eigenvalue weighted by molar-refractivity contribution is 0.0947. The van der Waals surface area contributed by atoms with Gasteiger partial charge < -0.3 is 16.4 Å². The fourth-order valence-corrected chi connectivity index (χ4v) is 2.52. The number of amides is 2. The maximum absolute atomic E-state index is 12.5. The summed E-state index contributed by atoms with van der Waals surface area (Å²) in [7, 11) is 1.67. The van der Waals surface area contributed by atoms with Crippen molar-refractivity contribution < 1.29 is 9.59 Å². The summed E-state index contributed by atoms with van der Waals surface area (Å²) in [5, 5.41) is 9.97. The minimum absolute atomic E-state index is 0.277. The number of nitrogens with two attached hydrogens (primary N) is 1. The molecule has 2 rings (SSSR count). The van der Waals surface area contributed by atoms with Crippen LogP contribution < -0.4 is 16.4 Å². The second-order valence-electron chi connectivity index (χ2n) is 6.22. The molecule has 0 atom stereocenters. The third kappa shape index (κ3) is 4.30. The largest absolute Gasteiger partial charge is 0.383 e. The molecule has 1 aromatic heterocycles. The Balaban J connectivity index is 2.22. The van der Waals surface area contributed by atoms with Gasteiger partial charge in [-0.3, -0.25) is 14.3 Å². The smallest absolute Gasteiger partial charge is 0.261 e. The van der Waals surface area contributed by atoms with Crippen molar-refractivity contribution in [2.45, 2.75) is 20.8 Å². The van der Waals surface area contributed by atoms with Crippen molar-refractivity contribution in [3.8, 4) is 0 Å². The van der Waals surface area contributed by atoms with Gasteiger partial charge in [0.1, 0.15) is 11.4 Å². The van der Waals surface area contributed by atoms with Crippen molar-refractivity contribution in [3.63, 3.8) is 0 Å². The van der Waals surface area contributed by atoms with E-state index in [0.29, 0.717) is 40.0 Å². The first-order valence-electron chi connectivity index (χ1n) is 7.88. The third-order valence-electron chi connectivity index (χ3n) is 3.63. The first-order chi connectivity index (χ1) is 11.7. The predicted octanol–water partition coefficient (Wildman–Crippen LogP) is 2.60. The summed E-state index contributed by atoms with van der Waals surface area (Å²) in [5.74, 6) is -0.0770. The molecule has 0 bridgehead atoms. The van der Waals surface area contributed by atoms with Gasteiger partial charge in [-0.15, -0.1) is 0 Å². The van der Waals surface area contributed by atoms with Crippen LogP contribution in [0.25, 0.3) is 0 Å². The van der Waals surface area contributed by atoms with Crippen LogP contribution in [-0.2, 0) is 7.05 Å². The van der Waals surface area contributed by atoms with Crippen LogP contribution in [0.3, 0.4) is 0 Å². The van der Waals surface area contributed by atoms with E-state index in [9.17, 15) is 9.59 Å². The number of carbonyl (C=O) groups excluding carboxylic acids is 2. The van der Waals surface area contributed by atoms with Crippen LogP contribution in [0.2, 0.25) is 5.02 Å². The number of carbonyl (C=O) groups is 2. The van der Waals surface area contributed by atoms with Gasteiger partial charge in [-0.25, -0.2) is 0 Å². The molecule has 0 saturated heterocycles. The molecule has 1 aromatic carbocycles. The van der Waals surface area contributed by atoms with E-state index in [1.54, 1.807) is 26.1 Å². The molecular formula is C17H22ClN5O2. The van der Waals surface area contributed by atoms with E-state index in [4.69, 9.17) is 17.3 Å². The van der Waals surface area contributed by atoms with Crippen molar-refractivity contribution >= 4 is 34.9 Å². The highest BCUT2D eigenvalue weighted by atomic mass is 35.5. The molecule has 0 unspecified atom stereocenters. The van der Waals surface area contributed by atoms with Crippen LogP contribution in [0.15, 0.2) is 18.2 Å². The number of benzene rings is 1. The SMILES string of the molecule is Cc1nn(C)c(N)c1C(=O)Nc1ccc(Cl)c(C(=O)NCC(C)C)c1. The van der Waals surface area contributed by atoms with Crippen LogP contribution >= 0.6 is 11.6 Å². The monoisotopic (exact) mass is 363 g/mol. The van der Waals surface area contributed by atoms with E-state index in [1.165, 1.54) is 10.7 Å². The molecule has 0 spiro atoms. The predicted molar refractivity (Wildman–Crippen MR) is 98.9 cm³/mol. The Kier molecular flexibility index (Phi) is 5.69. The highest BCUT2D eigenvalue weighted by molar-refractivity contribution is 6.34. The first kappa shape index (κ1) is 18.8. The Morgan fingerprint density at radius 1 is 1.32 bits per heavy atom. The standard InChI is InChI=1S/C17H22ClN5O2/c1-9(2)8-20-16(24)12-7-11(5-6-13(12)18)21-17(25)14-10(3)22-23(4)15(14)19/h5-7,9H,8,19H2,1-4H3,(H,20,24)(H,21,25). The summed E-state index contributed by atoms with van der Waals surface area (Å²) < 4.78 is 1.44. The van der Waals surface area contributed by atoms with Gasteiger partial charge in [0.15, 0.2) is 0 Å². The number of aromatic nitrogens is 2. The molecule has 0 radical (unpaired) electrons. The summed E-state index contributed by atoms with van der Waals surface area (Å²) in [6.07, 6.45) is 0. The highest BCUT2D eigenvalue weighted by Gasteiger charge is 2.19. The van der Waals surface area contributed by atoms with E-state index in [2.05, 4.69) is 15.7 Å². The summed E-state index contributed by atoms with van der Waals surface area (Å²) in [6, 6.07) is 4.74. The maximum Gasteiger partial charge on any atom is 0.261 e. The molecule has 0 aliphatic carbocycles. The van der Waals surface area contributed by atoms with E-state index in [-0.39, 0.29) is 17.6 Å². The Hall–Kier alpha value is -2.54.